The number of hydrogen-bond donors (Lipinski definition) is 1. The van der Waals surface area contributed by atoms with Crippen LogP contribution in [0.25, 0.3) is 10.9 Å². The van der Waals surface area contributed by atoms with Crippen LogP contribution in [0.5, 0.6) is 0 Å². The first kappa shape index (κ1) is 12.7. The number of carbonyl (C=O) groups is 1. The van der Waals surface area contributed by atoms with E-state index in [1.54, 1.807) is 18.3 Å². The van der Waals surface area contributed by atoms with Gasteiger partial charge in [-0.05, 0) is 52.3 Å². The predicted octanol–water partition coefficient (Wildman–Crippen LogP) is 3.64. The Balaban J connectivity index is 1.85. The molecule has 3 rings (SSSR count). The van der Waals surface area contributed by atoms with Crippen LogP contribution in [0.4, 0.5) is 5.69 Å². The molecule has 0 saturated carbocycles. The molecule has 0 saturated heterocycles. The fourth-order valence-electron chi connectivity index (χ4n) is 1.87. The normalized spacial score (nSPS) is 10.4. The molecule has 2 aromatic heterocycles. The monoisotopic (exact) mass is 327 g/mol. The Kier molecular flexibility index (Phi) is 3.43. The maximum Gasteiger partial charge on any atom is 0.257 e. The highest BCUT2D eigenvalue weighted by Gasteiger charge is 2.07. The molecule has 0 fully saturated rings. The summed E-state index contributed by atoms with van der Waals surface area (Å²) in [5.74, 6) is -0.187. The molecule has 1 N–H and O–H groups in total. The van der Waals surface area contributed by atoms with Crippen LogP contribution in [0.1, 0.15) is 10.4 Å². The van der Waals surface area contributed by atoms with Crippen molar-refractivity contribution in [1.82, 2.24) is 9.97 Å². The number of rotatable bonds is 2. The summed E-state index contributed by atoms with van der Waals surface area (Å²) in [5, 5.41) is 3.83. The standard InChI is InChI=1S/C15H10BrN3O/c16-14-6-3-11(9-18-14)15(20)19-12-4-5-13-10(8-12)2-1-7-17-13/h1-9H,(H,19,20). The first-order chi connectivity index (χ1) is 9.72. The highest BCUT2D eigenvalue weighted by Crippen LogP contribution is 2.17. The first-order valence-electron chi connectivity index (χ1n) is 6.00. The van der Waals surface area contributed by atoms with Gasteiger partial charge in [-0.2, -0.15) is 0 Å². The molecule has 0 spiro atoms. The van der Waals surface area contributed by atoms with Gasteiger partial charge in [0.2, 0.25) is 0 Å². The quantitative estimate of drug-likeness (QED) is 0.731. The van der Waals surface area contributed by atoms with Gasteiger partial charge in [0, 0.05) is 23.5 Å². The molecule has 0 atom stereocenters. The van der Waals surface area contributed by atoms with E-state index in [1.165, 1.54) is 6.20 Å². The lowest BCUT2D eigenvalue weighted by Gasteiger charge is -2.06. The summed E-state index contributed by atoms with van der Waals surface area (Å²) in [6, 6.07) is 12.9. The van der Waals surface area contributed by atoms with Crippen LogP contribution in [-0.4, -0.2) is 15.9 Å². The van der Waals surface area contributed by atoms with Gasteiger partial charge in [-0.1, -0.05) is 6.07 Å². The van der Waals surface area contributed by atoms with E-state index in [2.05, 4.69) is 31.2 Å². The van der Waals surface area contributed by atoms with Gasteiger partial charge in [0.15, 0.2) is 0 Å². The van der Waals surface area contributed by atoms with Gasteiger partial charge >= 0.3 is 0 Å². The highest BCUT2D eigenvalue weighted by molar-refractivity contribution is 9.10. The number of benzene rings is 1. The van der Waals surface area contributed by atoms with Crippen molar-refractivity contribution >= 4 is 38.4 Å². The van der Waals surface area contributed by atoms with E-state index in [1.807, 2.05) is 30.3 Å². The molecule has 1 aromatic carbocycles. The van der Waals surface area contributed by atoms with Crippen LogP contribution in [0.3, 0.4) is 0 Å². The van der Waals surface area contributed by atoms with Crippen molar-refractivity contribution in [2.45, 2.75) is 0 Å². The SMILES string of the molecule is O=C(Nc1ccc2ncccc2c1)c1ccc(Br)nc1. The zero-order valence-electron chi connectivity index (χ0n) is 10.4. The lowest BCUT2D eigenvalue weighted by Crippen LogP contribution is -2.12. The minimum atomic E-state index is -0.187. The van der Waals surface area contributed by atoms with E-state index in [0.717, 1.165) is 16.6 Å². The van der Waals surface area contributed by atoms with Gasteiger partial charge in [0.05, 0.1) is 11.1 Å². The summed E-state index contributed by atoms with van der Waals surface area (Å²) in [5.41, 5.74) is 2.15. The summed E-state index contributed by atoms with van der Waals surface area (Å²) >= 11 is 3.24. The number of nitrogens with zero attached hydrogens (tertiary/aromatic N) is 2. The summed E-state index contributed by atoms with van der Waals surface area (Å²) in [6.45, 7) is 0. The zero-order chi connectivity index (χ0) is 13.9. The number of amides is 1. The van der Waals surface area contributed by atoms with Crippen LogP contribution >= 0.6 is 15.9 Å². The molecule has 20 heavy (non-hydrogen) atoms. The third kappa shape index (κ3) is 2.67. The summed E-state index contributed by atoms with van der Waals surface area (Å²) < 4.78 is 0.700. The second-order valence-electron chi connectivity index (χ2n) is 4.23. The second kappa shape index (κ2) is 5.38. The molecule has 0 radical (unpaired) electrons. The molecule has 0 aliphatic carbocycles. The van der Waals surface area contributed by atoms with Crippen LogP contribution in [0, 0.1) is 0 Å². The summed E-state index contributed by atoms with van der Waals surface area (Å²) in [7, 11) is 0. The Morgan fingerprint density at radius 3 is 2.80 bits per heavy atom. The third-order valence-electron chi connectivity index (χ3n) is 2.85. The molecule has 0 aliphatic rings. The van der Waals surface area contributed by atoms with Gasteiger partial charge in [-0.25, -0.2) is 4.98 Å². The average Bonchev–Trinajstić information content (AvgIpc) is 2.48. The Morgan fingerprint density at radius 2 is 2.00 bits per heavy atom. The van der Waals surface area contributed by atoms with Crippen LogP contribution in [0.2, 0.25) is 0 Å². The maximum absolute atomic E-state index is 12.1. The van der Waals surface area contributed by atoms with Crippen LogP contribution < -0.4 is 5.32 Å². The Hall–Kier alpha value is -2.27. The van der Waals surface area contributed by atoms with Crippen molar-refractivity contribution in [1.29, 1.82) is 0 Å². The van der Waals surface area contributed by atoms with E-state index in [4.69, 9.17) is 0 Å². The average molecular weight is 328 g/mol. The zero-order valence-corrected chi connectivity index (χ0v) is 12.0. The molecule has 2 heterocycles. The smallest absolute Gasteiger partial charge is 0.257 e. The number of carbonyl (C=O) groups excluding carboxylic acids is 1. The van der Waals surface area contributed by atoms with Gasteiger partial charge in [-0.3, -0.25) is 9.78 Å². The highest BCUT2D eigenvalue weighted by atomic mass is 79.9. The van der Waals surface area contributed by atoms with Gasteiger partial charge in [0.25, 0.3) is 5.91 Å². The minimum Gasteiger partial charge on any atom is -0.322 e. The van der Waals surface area contributed by atoms with E-state index >= 15 is 0 Å². The predicted molar refractivity (Wildman–Crippen MR) is 81.6 cm³/mol. The van der Waals surface area contributed by atoms with E-state index in [9.17, 15) is 4.79 Å². The van der Waals surface area contributed by atoms with Crippen molar-refractivity contribution in [3.63, 3.8) is 0 Å². The fraction of sp³-hybridized carbons (Fsp3) is 0. The Morgan fingerprint density at radius 1 is 1.10 bits per heavy atom. The molecule has 4 nitrogen and oxygen atoms in total. The van der Waals surface area contributed by atoms with Crippen molar-refractivity contribution in [3.05, 3.63) is 65.0 Å². The van der Waals surface area contributed by atoms with Crippen molar-refractivity contribution in [2.75, 3.05) is 5.32 Å². The number of fused-ring (bicyclic) bond motifs is 1. The molecule has 5 heteroatoms. The molecule has 0 bridgehead atoms. The van der Waals surface area contributed by atoms with Crippen molar-refractivity contribution < 1.29 is 4.79 Å². The van der Waals surface area contributed by atoms with Gasteiger partial charge in [0.1, 0.15) is 4.60 Å². The molecule has 3 aromatic rings. The van der Waals surface area contributed by atoms with Crippen LogP contribution in [-0.2, 0) is 0 Å². The largest absolute Gasteiger partial charge is 0.322 e. The Labute approximate surface area is 124 Å². The number of pyridine rings is 2. The summed E-state index contributed by atoms with van der Waals surface area (Å²) in [4.78, 5) is 20.4. The van der Waals surface area contributed by atoms with E-state index < -0.39 is 0 Å². The number of hydrogen-bond acceptors (Lipinski definition) is 3. The first-order valence-corrected chi connectivity index (χ1v) is 6.79. The number of aromatic nitrogens is 2. The van der Waals surface area contributed by atoms with E-state index in [0.29, 0.717) is 10.2 Å². The molecule has 0 unspecified atom stereocenters. The van der Waals surface area contributed by atoms with Gasteiger partial charge < -0.3 is 5.32 Å². The lowest BCUT2D eigenvalue weighted by atomic mass is 10.2. The molecule has 98 valence electrons. The summed E-state index contributed by atoms with van der Waals surface area (Å²) in [6.07, 6.45) is 3.27. The fourth-order valence-corrected chi connectivity index (χ4v) is 2.10. The molecule has 1 amide bonds. The van der Waals surface area contributed by atoms with Gasteiger partial charge in [-0.15, -0.1) is 0 Å². The third-order valence-corrected chi connectivity index (χ3v) is 3.32. The van der Waals surface area contributed by atoms with Crippen molar-refractivity contribution in [3.8, 4) is 0 Å². The van der Waals surface area contributed by atoms with Crippen LogP contribution in [0.15, 0.2) is 59.5 Å². The Bertz CT molecular complexity index is 771. The number of nitrogens with one attached hydrogen (secondary N) is 1. The molecular formula is C15H10BrN3O. The van der Waals surface area contributed by atoms with Crippen molar-refractivity contribution in [2.24, 2.45) is 0 Å². The maximum atomic E-state index is 12.1. The molecule has 0 aliphatic heterocycles. The van der Waals surface area contributed by atoms with E-state index in [-0.39, 0.29) is 5.91 Å². The number of anilines is 1. The second-order valence-corrected chi connectivity index (χ2v) is 5.05. The minimum absolute atomic E-state index is 0.187. The number of halogens is 1. The topological polar surface area (TPSA) is 54.9 Å². The molecular weight excluding hydrogens is 318 g/mol. The lowest BCUT2D eigenvalue weighted by molar-refractivity contribution is 0.102.